The molecule has 0 bridgehead atoms. The molecule has 3 N–H and O–H groups in total. The van der Waals surface area contributed by atoms with Crippen molar-refractivity contribution < 1.29 is 14.4 Å². The Morgan fingerprint density at radius 3 is 2.63 bits per heavy atom. The Morgan fingerprint density at radius 2 is 1.87 bits per heavy atom. The van der Waals surface area contributed by atoms with Crippen molar-refractivity contribution in [1.82, 2.24) is 30.4 Å². The van der Waals surface area contributed by atoms with Gasteiger partial charge in [-0.05, 0) is 37.7 Å². The van der Waals surface area contributed by atoms with Crippen molar-refractivity contribution >= 4 is 51.6 Å². The summed E-state index contributed by atoms with van der Waals surface area (Å²) in [5.74, 6) is -0.534. The number of aromatic amines is 1. The van der Waals surface area contributed by atoms with Crippen molar-refractivity contribution in [1.29, 1.82) is 0 Å². The second-order valence-corrected chi connectivity index (χ2v) is 12.8. The summed E-state index contributed by atoms with van der Waals surface area (Å²) in [6, 6.07) is 6.35. The zero-order valence-corrected chi connectivity index (χ0v) is 23.6. The molecule has 0 spiro atoms. The average Bonchev–Trinajstić information content (AvgIpc) is 3.47. The van der Waals surface area contributed by atoms with E-state index in [0.717, 1.165) is 41.0 Å². The molecule has 4 heterocycles. The number of amides is 3. The number of likely N-dealkylation sites (tertiary alicyclic amines) is 1. The van der Waals surface area contributed by atoms with Gasteiger partial charge in [-0.25, -0.2) is 4.98 Å². The first-order valence-corrected chi connectivity index (χ1v) is 14.0. The summed E-state index contributed by atoms with van der Waals surface area (Å²) >= 11 is 7.51. The summed E-state index contributed by atoms with van der Waals surface area (Å²) in [4.78, 5) is 52.4. The van der Waals surface area contributed by atoms with E-state index in [9.17, 15) is 14.4 Å². The van der Waals surface area contributed by atoms with E-state index in [1.807, 2.05) is 26.8 Å². The molecule has 1 fully saturated rings. The van der Waals surface area contributed by atoms with Gasteiger partial charge in [0, 0.05) is 58.8 Å². The minimum atomic E-state index is -0.545. The van der Waals surface area contributed by atoms with Gasteiger partial charge in [0.05, 0.1) is 17.8 Å². The maximum Gasteiger partial charge on any atom is 0.280 e. The predicted octanol–water partition coefficient (Wildman–Crippen LogP) is 3.44. The number of aromatic nitrogens is 2. The van der Waals surface area contributed by atoms with Crippen LogP contribution in [-0.2, 0) is 17.8 Å². The second kappa shape index (κ2) is 10.3. The van der Waals surface area contributed by atoms with E-state index in [1.165, 1.54) is 11.3 Å². The quantitative estimate of drug-likeness (QED) is 0.456. The van der Waals surface area contributed by atoms with Crippen molar-refractivity contribution in [3.8, 4) is 0 Å². The highest BCUT2D eigenvalue weighted by atomic mass is 35.5. The monoisotopic (exact) mass is 556 g/mol. The molecule has 2 atom stereocenters. The molecule has 0 aliphatic carbocycles. The molecule has 2 aliphatic heterocycles. The normalized spacial score (nSPS) is 20.3. The molecule has 2 aromatic heterocycles. The number of thiazole rings is 1. The largest absolute Gasteiger partial charge is 0.351 e. The van der Waals surface area contributed by atoms with Crippen LogP contribution >= 0.6 is 22.9 Å². The predicted molar refractivity (Wildman–Crippen MR) is 149 cm³/mol. The highest BCUT2D eigenvalue weighted by Gasteiger charge is 2.37. The Labute approximate surface area is 230 Å². The van der Waals surface area contributed by atoms with Gasteiger partial charge in [0.2, 0.25) is 5.91 Å². The number of carbonyl (C=O) groups is 3. The molecule has 3 aromatic rings. The number of H-pyrrole nitrogens is 1. The third-order valence-corrected chi connectivity index (χ3v) is 8.43. The van der Waals surface area contributed by atoms with Gasteiger partial charge in [0.1, 0.15) is 5.69 Å². The van der Waals surface area contributed by atoms with E-state index in [1.54, 1.807) is 23.1 Å². The van der Waals surface area contributed by atoms with Crippen LogP contribution in [0.15, 0.2) is 24.3 Å². The van der Waals surface area contributed by atoms with E-state index in [-0.39, 0.29) is 23.8 Å². The van der Waals surface area contributed by atoms with E-state index in [0.29, 0.717) is 35.2 Å². The van der Waals surface area contributed by atoms with Crippen LogP contribution in [0.5, 0.6) is 0 Å². The molecule has 1 saturated heterocycles. The van der Waals surface area contributed by atoms with Crippen LogP contribution in [0.1, 0.15) is 58.1 Å². The van der Waals surface area contributed by atoms with Crippen molar-refractivity contribution in [2.75, 3.05) is 26.7 Å². The third kappa shape index (κ3) is 5.57. The van der Waals surface area contributed by atoms with Gasteiger partial charge in [-0.3, -0.25) is 14.4 Å². The van der Waals surface area contributed by atoms with Crippen molar-refractivity contribution in [3.05, 3.63) is 50.6 Å². The lowest BCUT2D eigenvalue weighted by Gasteiger charge is -2.41. The fraction of sp³-hybridized carbons (Fsp3) is 0.481. The van der Waals surface area contributed by atoms with Gasteiger partial charge in [0.25, 0.3) is 11.8 Å². The maximum atomic E-state index is 13.3. The van der Waals surface area contributed by atoms with Gasteiger partial charge in [-0.1, -0.05) is 32.4 Å². The minimum Gasteiger partial charge on any atom is -0.351 e. The lowest BCUT2D eigenvalue weighted by molar-refractivity contribution is -0.141. The Hall–Kier alpha value is -2.95. The van der Waals surface area contributed by atoms with Crippen LogP contribution in [0.2, 0.25) is 5.02 Å². The van der Waals surface area contributed by atoms with Crippen molar-refractivity contribution in [2.45, 2.75) is 52.2 Å². The molecule has 2 aliphatic rings. The summed E-state index contributed by atoms with van der Waals surface area (Å²) in [7, 11) is 2.06. The molecule has 9 nitrogen and oxygen atoms in total. The standard InChI is InChI=1S/C27H33ClN6O3S/c1-27(2,3)26(37)34-10-8-18(30-23(35)20-12-15-11-16(28)5-6-17(15)29-20)21(13-34)31-24(36)25-32-19-7-9-33(4)14-22(19)38-25/h5-6,11-12,18,21,29H,7-10,13-14H2,1-4H3,(H,30,35)(H,31,36)/t18-,21+/m0/s1. The number of rotatable bonds is 4. The van der Waals surface area contributed by atoms with Crippen LogP contribution in [0, 0.1) is 5.41 Å². The van der Waals surface area contributed by atoms with E-state index >= 15 is 0 Å². The Morgan fingerprint density at radius 1 is 1.11 bits per heavy atom. The third-order valence-electron chi connectivity index (χ3n) is 7.12. The van der Waals surface area contributed by atoms with Gasteiger partial charge >= 0.3 is 0 Å². The first kappa shape index (κ1) is 26.6. The van der Waals surface area contributed by atoms with E-state index < -0.39 is 11.5 Å². The summed E-state index contributed by atoms with van der Waals surface area (Å²) in [5.41, 5.74) is 1.66. The molecule has 0 unspecified atom stereocenters. The number of carbonyl (C=O) groups excluding carboxylic acids is 3. The van der Waals surface area contributed by atoms with Crippen LogP contribution in [-0.4, -0.2) is 76.3 Å². The molecular weight excluding hydrogens is 524 g/mol. The fourth-order valence-corrected chi connectivity index (χ4v) is 6.32. The van der Waals surface area contributed by atoms with Crippen LogP contribution in [0.4, 0.5) is 0 Å². The number of hydrogen-bond donors (Lipinski definition) is 3. The number of halogens is 1. The molecule has 11 heteroatoms. The molecular formula is C27H33ClN6O3S. The van der Waals surface area contributed by atoms with Gasteiger partial charge < -0.3 is 25.4 Å². The van der Waals surface area contributed by atoms with Gasteiger partial charge in [0.15, 0.2) is 5.01 Å². The van der Waals surface area contributed by atoms with Crippen molar-refractivity contribution in [2.24, 2.45) is 5.41 Å². The van der Waals surface area contributed by atoms with Gasteiger partial charge in [-0.2, -0.15) is 0 Å². The molecule has 1 aromatic carbocycles. The molecule has 0 saturated carbocycles. The number of nitrogens with one attached hydrogen (secondary N) is 3. The minimum absolute atomic E-state index is 0.0155. The zero-order chi connectivity index (χ0) is 27.2. The molecule has 5 rings (SSSR count). The molecule has 38 heavy (non-hydrogen) atoms. The highest BCUT2D eigenvalue weighted by Crippen LogP contribution is 2.26. The van der Waals surface area contributed by atoms with Crippen molar-refractivity contribution in [3.63, 3.8) is 0 Å². The van der Waals surface area contributed by atoms with Crippen LogP contribution in [0.3, 0.4) is 0 Å². The number of nitrogens with zero attached hydrogens (tertiary/aromatic N) is 3. The zero-order valence-electron chi connectivity index (χ0n) is 22.1. The SMILES string of the molecule is CN1CCc2nc(C(=O)N[C@@H]3CN(C(=O)C(C)(C)C)CC[C@@H]3NC(=O)c3cc4cc(Cl)ccc4[nH]3)sc2C1. The number of piperidine rings is 1. The number of benzene rings is 1. The van der Waals surface area contributed by atoms with E-state index in [4.69, 9.17) is 11.6 Å². The van der Waals surface area contributed by atoms with Crippen LogP contribution < -0.4 is 10.6 Å². The molecule has 202 valence electrons. The smallest absolute Gasteiger partial charge is 0.280 e. The summed E-state index contributed by atoms with van der Waals surface area (Å²) in [5, 5.41) is 8.04. The molecule has 3 amide bonds. The van der Waals surface area contributed by atoms with E-state index in [2.05, 4.69) is 32.5 Å². The Balaban J connectivity index is 1.35. The first-order chi connectivity index (χ1) is 18.0. The first-order valence-electron chi connectivity index (χ1n) is 12.8. The number of hydrogen-bond acceptors (Lipinski definition) is 6. The Bertz CT molecular complexity index is 1390. The maximum absolute atomic E-state index is 13.3. The number of likely N-dealkylation sites (N-methyl/N-ethyl adjacent to an activating group) is 1. The van der Waals surface area contributed by atoms with Gasteiger partial charge in [-0.15, -0.1) is 11.3 Å². The molecule has 0 radical (unpaired) electrons. The summed E-state index contributed by atoms with van der Waals surface area (Å²) < 4.78 is 0. The lowest BCUT2D eigenvalue weighted by Crippen LogP contribution is -2.62. The van der Waals surface area contributed by atoms with Crippen LogP contribution in [0.25, 0.3) is 10.9 Å². The Kier molecular flexibility index (Phi) is 7.23. The summed E-state index contributed by atoms with van der Waals surface area (Å²) in [6.07, 6.45) is 1.34. The average molecular weight is 557 g/mol. The summed E-state index contributed by atoms with van der Waals surface area (Å²) in [6.45, 7) is 8.16. The second-order valence-electron chi connectivity index (χ2n) is 11.2. The highest BCUT2D eigenvalue weighted by molar-refractivity contribution is 7.13. The topological polar surface area (TPSA) is 110 Å². The number of fused-ring (bicyclic) bond motifs is 2. The fourth-order valence-electron chi connectivity index (χ4n) is 5.05. The lowest BCUT2D eigenvalue weighted by atomic mass is 9.91.